The third kappa shape index (κ3) is 3.03. The van der Waals surface area contributed by atoms with Crippen LogP contribution >= 0.6 is 0 Å². The van der Waals surface area contributed by atoms with Crippen molar-refractivity contribution in [2.24, 2.45) is 0 Å². The Labute approximate surface area is 122 Å². The number of anilines is 1. The summed E-state index contributed by atoms with van der Waals surface area (Å²) < 4.78 is 5.70. The zero-order valence-electron chi connectivity index (χ0n) is 11.5. The van der Waals surface area contributed by atoms with E-state index in [4.69, 9.17) is 4.74 Å². The number of carbonyl (C=O) groups excluding carboxylic acids is 1. The SMILES string of the molecule is O=C(CC1OCCc2ccccc21)Nc1ccc[nH]c1=O. The number of ether oxygens (including phenoxy) is 1. The van der Waals surface area contributed by atoms with E-state index in [2.05, 4.69) is 16.4 Å². The highest BCUT2D eigenvalue weighted by molar-refractivity contribution is 5.90. The van der Waals surface area contributed by atoms with Crippen LogP contribution in [0.1, 0.15) is 23.7 Å². The van der Waals surface area contributed by atoms with E-state index in [9.17, 15) is 9.59 Å². The number of benzene rings is 1. The number of carbonyl (C=O) groups is 1. The summed E-state index contributed by atoms with van der Waals surface area (Å²) in [7, 11) is 0. The van der Waals surface area contributed by atoms with Gasteiger partial charge < -0.3 is 15.0 Å². The summed E-state index contributed by atoms with van der Waals surface area (Å²) in [5.41, 5.74) is 2.22. The number of aromatic nitrogens is 1. The summed E-state index contributed by atoms with van der Waals surface area (Å²) in [6, 6.07) is 11.2. The van der Waals surface area contributed by atoms with Gasteiger partial charge in [0.25, 0.3) is 5.56 Å². The fraction of sp³-hybridized carbons (Fsp3) is 0.250. The fourth-order valence-electron chi connectivity index (χ4n) is 2.54. The zero-order valence-corrected chi connectivity index (χ0v) is 11.5. The van der Waals surface area contributed by atoms with Crippen molar-refractivity contribution in [2.75, 3.05) is 11.9 Å². The van der Waals surface area contributed by atoms with E-state index in [1.165, 1.54) is 11.8 Å². The van der Waals surface area contributed by atoms with Gasteiger partial charge in [-0.2, -0.15) is 0 Å². The number of hydrogen-bond donors (Lipinski definition) is 2. The van der Waals surface area contributed by atoms with Gasteiger partial charge in [-0.15, -0.1) is 0 Å². The van der Waals surface area contributed by atoms with Gasteiger partial charge in [-0.25, -0.2) is 0 Å². The fourth-order valence-corrected chi connectivity index (χ4v) is 2.54. The Morgan fingerprint density at radius 2 is 2.14 bits per heavy atom. The van der Waals surface area contributed by atoms with E-state index in [0.717, 1.165) is 12.0 Å². The Morgan fingerprint density at radius 3 is 3.00 bits per heavy atom. The Kier molecular flexibility index (Phi) is 3.83. The molecule has 21 heavy (non-hydrogen) atoms. The molecule has 2 N–H and O–H groups in total. The van der Waals surface area contributed by atoms with Gasteiger partial charge >= 0.3 is 0 Å². The van der Waals surface area contributed by atoms with Crippen LogP contribution in [0.3, 0.4) is 0 Å². The van der Waals surface area contributed by atoms with E-state index in [1.54, 1.807) is 12.1 Å². The molecule has 2 aromatic rings. The van der Waals surface area contributed by atoms with Gasteiger partial charge in [-0.05, 0) is 29.7 Å². The van der Waals surface area contributed by atoms with Crippen LogP contribution in [-0.4, -0.2) is 17.5 Å². The molecule has 1 amide bonds. The lowest BCUT2D eigenvalue weighted by Gasteiger charge is -2.25. The van der Waals surface area contributed by atoms with Crippen molar-refractivity contribution < 1.29 is 9.53 Å². The van der Waals surface area contributed by atoms with E-state index in [1.807, 2.05) is 18.2 Å². The summed E-state index contributed by atoms with van der Waals surface area (Å²) >= 11 is 0. The van der Waals surface area contributed by atoms with Crippen LogP contribution in [0, 0.1) is 0 Å². The van der Waals surface area contributed by atoms with Crippen molar-refractivity contribution in [1.29, 1.82) is 0 Å². The summed E-state index contributed by atoms with van der Waals surface area (Å²) in [5.74, 6) is -0.228. The average Bonchev–Trinajstić information content (AvgIpc) is 2.50. The first-order chi connectivity index (χ1) is 10.2. The minimum atomic E-state index is -0.309. The lowest BCUT2D eigenvalue weighted by Crippen LogP contribution is -2.24. The van der Waals surface area contributed by atoms with Crippen molar-refractivity contribution in [2.45, 2.75) is 18.9 Å². The number of fused-ring (bicyclic) bond motifs is 1. The third-order valence-corrected chi connectivity index (χ3v) is 3.56. The molecule has 0 radical (unpaired) electrons. The molecule has 1 aliphatic rings. The maximum atomic E-state index is 12.1. The molecule has 1 aromatic heterocycles. The van der Waals surface area contributed by atoms with Gasteiger partial charge in [0.1, 0.15) is 5.69 Å². The first-order valence-electron chi connectivity index (χ1n) is 6.91. The Balaban J connectivity index is 1.72. The first kappa shape index (κ1) is 13.6. The molecule has 1 aromatic carbocycles. The Morgan fingerprint density at radius 1 is 1.29 bits per heavy atom. The van der Waals surface area contributed by atoms with E-state index in [-0.39, 0.29) is 29.7 Å². The highest BCUT2D eigenvalue weighted by Crippen LogP contribution is 2.29. The minimum absolute atomic E-state index is 0.200. The van der Waals surface area contributed by atoms with Crippen LogP contribution in [-0.2, 0) is 16.0 Å². The molecule has 0 fully saturated rings. The summed E-state index contributed by atoms with van der Waals surface area (Å²) in [6.45, 7) is 0.612. The molecule has 3 rings (SSSR count). The molecular weight excluding hydrogens is 268 g/mol. The second-order valence-electron chi connectivity index (χ2n) is 4.97. The molecule has 0 saturated heterocycles. The van der Waals surface area contributed by atoms with E-state index >= 15 is 0 Å². The summed E-state index contributed by atoms with van der Waals surface area (Å²) in [5, 5.41) is 2.63. The number of pyridine rings is 1. The van der Waals surface area contributed by atoms with Gasteiger partial charge in [0.15, 0.2) is 0 Å². The van der Waals surface area contributed by atoms with Crippen LogP contribution in [0.5, 0.6) is 0 Å². The maximum Gasteiger partial charge on any atom is 0.271 e. The largest absolute Gasteiger partial charge is 0.373 e. The van der Waals surface area contributed by atoms with Crippen molar-refractivity contribution in [1.82, 2.24) is 4.98 Å². The molecule has 1 aliphatic heterocycles. The lowest BCUT2D eigenvalue weighted by atomic mass is 9.95. The van der Waals surface area contributed by atoms with Crippen molar-refractivity contribution >= 4 is 11.6 Å². The number of aromatic amines is 1. The number of amides is 1. The number of rotatable bonds is 3. The van der Waals surface area contributed by atoms with Crippen LogP contribution in [0.15, 0.2) is 47.4 Å². The van der Waals surface area contributed by atoms with Crippen LogP contribution < -0.4 is 10.9 Å². The maximum absolute atomic E-state index is 12.1. The van der Waals surface area contributed by atoms with Crippen molar-refractivity contribution in [3.8, 4) is 0 Å². The minimum Gasteiger partial charge on any atom is -0.373 e. The molecule has 5 nitrogen and oxygen atoms in total. The first-order valence-corrected chi connectivity index (χ1v) is 6.91. The van der Waals surface area contributed by atoms with Gasteiger partial charge in [0.2, 0.25) is 5.91 Å². The quantitative estimate of drug-likeness (QED) is 0.905. The summed E-state index contributed by atoms with van der Waals surface area (Å²) in [4.78, 5) is 26.2. The Bertz CT molecular complexity index is 708. The standard InChI is InChI=1S/C16H16N2O3/c19-15(18-13-6-3-8-17-16(13)20)10-14-12-5-2-1-4-11(12)7-9-21-14/h1-6,8,14H,7,9-10H2,(H,17,20)(H,18,19). The topological polar surface area (TPSA) is 71.2 Å². The average molecular weight is 284 g/mol. The predicted molar refractivity (Wildman–Crippen MR) is 79.1 cm³/mol. The van der Waals surface area contributed by atoms with Gasteiger partial charge in [0, 0.05) is 6.20 Å². The molecule has 0 spiro atoms. The van der Waals surface area contributed by atoms with Crippen molar-refractivity contribution in [3.63, 3.8) is 0 Å². The molecule has 5 heteroatoms. The lowest BCUT2D eigenvalue weighted by molar-refractivity contribution is -0.119. The smallest absolute Gasteiger partial charge is 0.271 e. The van der Waals surface area contributed by atoms with E-state index in [0.29, 0.717) is 6.61 Å². The highest BCUT2D eigenvalue weighted by atomic mass is 16.5. The van der Waals surface area contributed by atoms with E-state index < -0.39 is 0 Å². The van der Waals surface area contributed by atoms with Gasteiger partial charge in [-0.1, -0.05) is 24.3 Å². The van der Waals surface area contributed by atoms with Crippen molar-refractivity contribution in [3.05, 3.63) is 64.1 Å². The predicted octanol–water partition coefficient (Wildman–Crippen LogP) is 2.02. The van der Waals surface area contributed by atoms with Gasteiger partial charge in [0.05, 0.1) is 19.1 Å². The van der Waals surface area contributed by atoms with Crippen LogP contribution in [0.2, 0.25) is 0 Å². The second-order valence-corrected chi connectivity index (χ2v) is 4.97. The second kappa shape index (κ2) is 5.93. The molecule has 2 heterocycles. The molecule has 0 saturated carbocycles. The molecule has 108 valence electrons. The van der Waals surface area contributed by atoms with Crippen LogP contribution in [0.4, 0.5) is 5.69 Å². The molecule has 1 atom stereocenters. The molecule has 1 unspecified atom stereocenters. The Hall–Kier alpha value is -2.40. The summed E-state index contributed by atoms with van der Waals surface area (Å²) in [6.07, 6.45) is 2.34. The van der Waals surface area contributed by atoms with Crippen LogP contribution in [0.25, 0.3) is 0 Å². The number of hydrogen-bond acceptors (Lipinski definition) is 3. The molecule has 0 aliphatic carbocycles. The van der Waals surface area contributed by atoms with Gasteiger partial charge in [-0.3, -0.25) is 9.59 Å². The highest BCUT2D eigenvalue weighted by Gasteiger charge is 2.23. The normalized spacial score (nSPS) is 17.0. The monoisotopic (exact) mass is 284 g/mol. The zero-order chi connectivity index (χ0) is 14.7. The molecule has 0 bridgehead atoms. The number of H-pyrrole nitrogens is 1. The third-order valence-electron chi connectivity index (χ3n) is 3.56. The number of nitrogens with one attached hydrogen (secondary N) is 2. The molecular formula is C16H16N2O3.